The fourth-order valence-corrected chi connectivity index (χ4v) is 2.52. The summed E-state index contributed by atoms with van der Waals surface area (Å²) >= 11 is 0. The molecule has 0 aromatic carbocycles. The van der Waals surface area contributed by atoms with Gasteiger partial charge in [-0.2, -0.15) is 0 Å². The Bertz CT molecular complexity index is 298. The van der Waals surface area contributed by atoms with E-state index >= 15 is 0 Å². The van der Waals surface area contributed by atoms with Crippen molar-refractivity contribution in [1.29, 1.82) is 0 Å². The maximum Gasteiger partial charge on any atom is 0.243 e. The topological polar surface area (TPSA) is 60.9 Å². The van der Waals surface area contributed by atoms with E-state index in [-0.39, 0.29) is 18.4 Å². The van der Waals surface area contributed by atoms with E-state index in [4.69, 9.17) is 5.11 Å². The first-order chi connectivity index (χ1) is 8.20. The molecule has 0 radical (unpaired) electrons. The van der Waals surface area contributed by atoms with Crippen LogP contribution in [-0.4, -0.2) is 59.5 Å². The zero-order chi connectivity index (χ0) is 12.3. The van der Waals surface area contributed by atoms with E-state index in [1.807, 2.05) is 0 Å². The Morgan fingerprint density at radius 1 is 1.29 bits per heavy atom. The molecule has 0 spiro atoms. The van der Waals surface area contributed by atoms with Gasteiger partial charge in [0.05, 0.1) is 6.54 Å². The van der Waals surface area contributed by atoms with E-state index < -0.39 is 0 Å². The van der Waals surface area contributed by atoms with Gasteiger partial charge in [0.2, 0.25) is 11.8 Å². The van der Waals surface area contributed by atoms with Crippen molar-refractivity contribution in [3.63, 3.8) is 0 Å². The highest BCUT2D eigenvalue weighted by atomic mass is 16.3. The number of aliphatic hydroxyl groups excluding tert-OH is 1. The number of carbonyl (C=O) groups excluding carboxylic acids is 2. The Morgan fingerprint density at radius 3 is 2.53 bits per heavy atom. The molecule has 2 rings (SSSR count). The van der Waals surface area contributed by atoms with Crippen LogP contribution in [0.15, 0.2) is 0 Å². The molecule has 2 saturated heterocycles. The van der Waals surface area contributed by atoms with E-state index in [1.54, 1.807) is 0 Å². The minimum atomic E-state index is -0.0602. The van der Waals surface area contributed by atoms with Gasteiger partial charge in [0.25, 0.3) is 0 Å². The highest BCUT2D eigenvalue weighted by Crippen LogP contribution is 2.17. The summed E-state index contributed by atoms with van der Waals surface area (Å²) < 4.78 is 0. The molecule has 0 aromatic rings. The highest BCUT2D eigenvalue weighted by Gasteiger charge is 2.28. The number of amides is 2. The number of aliphatic hydroxyl groups is 1. The molecule has 0 saturated carbocycles. The summed E-state index contributed by atoms with van der Waals surface area (Å²) in [6.07, 6.45) is 3.20. The summed E-state index contributed by atoms with van der Waals surface area (Å²) in [5, 5.41) is 9.03. The molecule has 5 nitrogen and oxygen atoms in total. The Morgan fingerprint density at radius 2 is 2.00 bits per heavy atom. The SMILES string of the molecule is O=C1CCCN1C(=O)CN1CCC(CO)CC1. The smallest absolute Gasteiger partial charge is 0.243 e. The van der Waals surface area contributed by atoms with Gasteiger partial charge in [-0.3, -0.25) is 19.4 Å². The molecular formula is C12H20N2O3. The Hall–Kier alpha value is -0.940. The van der Waals surface area contributed by atoms with Crippen molar-refractivity contribution in [3.05, 3.63) is 0 Å². The van der Waals surface area contributed by atoms with Gasteiger partial charge >= 0.3 is 0 Å². The lowest BCUT2D eigenvalue weighted by atomic mass is 9.98. The molecule has 96 valence electrons. The molecule has 5 heteroatoms. The van der Waals surface area contributed by atoms with Gasteiger partial charge in [0.15, 0.2) is 0 Å². The molecule has 0 unspecified atom stereocenters. The van der Waals surface area contributed by atoms with Crippen LogP contribution in [-0.2, 0) is 9.59 Å². The first-order valence-electron chi connectivity index (χ1n) is 6.37. The van der Waals surface area contributed by atoms with Crippen molar-refractivity contribution in [2.45, 2.75) is 25.7 Å². The Labute approximate surface area is 101 Å². The zero-order valence-electron chi connectivity index (χ0n) is 10.1. The van der Waals surface area contributed by atoms with E-state index in [1.165, 1.54) is 4.90 Å². The van der Waals surface area contributed by atoms with Crippen molar-refractivity contribution in [3.8, 4) is 0 Å². The van der Waals surface area contributed by atoms with Gasteiger partial charge in [-0.05, 0) is 38.3 Å². The summed E-state index contributed by atoms with van der Waals surface area (Å²) in [5.74, 6) is 0.296. The van der Waals surface area contributed by atoms with Gasteiger partial charge in [0.1, 0.15) is 0 Å². The molecule has 2 heterocycles. The molecule has 17 heavy (non-hydrogen) atoms. The highest BCUT2D eigenvalue weighted by molar-refractivity contribution is 5.97. The third-order valence-electron chi connectivity index (χ3n) is 3.70. The van der Waals surface area contributed by atoms with Crippen LogP contribution in [0.1, 0.15) is 25.7 Å². The second-order valence-corrected chi connectivity index (χ2v) is 4.94. The third-order valence-corrected chi connectivity index (χ3v) is 3.70. The Kier molecular flexibility index (Phi) is 4.12. The monoisotopic (exact) mass is 240 g/mol. The molecule has 2 aliphatic heterocycles. The average Bonchev–Trinajstić information content (AvgIpc) is 2.76. The van der Waals surface area contributed by atoms with Crippen molar-refractivity contribution in [1.82, 2.24) is 9.80 Å². The van der Waals surface area contributed by atoms with Gasteiger partial charge in [-0.15, -0.1) is 0 Å². The predicted molar refractivity (Wildman–Crippen MR) is 62.2 cm³/mol. The van der Waals surface area contributed by atoms with Crippen LogP contribution in [0.25, 0.3) is 0 Å². The van der Waals surface area contributed by atoms with Gasteiger partial charge in [-0.1, -0.05) is 0 Å². The molecule has 0 bridgehead atoms. The number of piperidine rings is 1. The number of likely N-dealkylation sites (tertiary alicyclic amines) is 2. The molecule has 0 atom stereocenters. The molecule has 2 amide bonds. The Balaban J connectivity index is 1.78. The van der Waals surface area contributed by atoms with Crippen LogP contribution in [0.2, 0.25) is 0 Å². The predicted octanol–water partition coefficient (Wildman–Crippen LogP) is -0.160. The molecule has 0 aliphatic carbocycles. The number of nitrogens with zero attached hydrogens (tertiary/aromatic N) is 2. The van der Waals surface area contributed by atoms with E-state index in [9.17, 15) is 9.59 Å². The third kappa shape index (κ3) is 3.04. The zero-order valence-corrected chi connectivity index (χ0v) is 10.1. The molecular weight excluding hydrogens is 220 g/mol. The van der Waals surface area contributed by atoms with Crippen LogP contribution in [0, 0.1) is 5.92 Å². The molecule has 1 N–H and O–H groups in total. The minimum Gasteiger partial charge on any atom is -0.396 e. The first-order valence-corrected chi connectivity index (χ1v) is 6.37. The lowest BCUT2D eigenvalue weighted by molar-refractivity contribution is -0.142. The minimum absolute atomic E-state index is 0.0276. The summed E-state index contributed by atoms with van der Waals surface area (Å²) in [4.78, 5) is 26.8. The van der Waals surface area contributed by atoms with Crippen LogP contribution >= 0.6 is 0 Å². The van der Waals surface area contributed by atoms with E-state index in [2.05, 4.69) is 4.90 Å². The average molecular weight is 240 g/mol. The second kappa shape index (κ2) is 5.60. The van der Waals surface area contributed by atoms with Crippen molar-refractivity contribution >= 4 is 11.8 Å². The van der Waals surface area contributed by atoms with Crippen LogP contribution < -0.4 is 0 Å². The molecule has 0 aromatic heterocycles. The van der Waals surface area contributed by atoms with Crippen LogP contribution in [0.3, 0.4) is 0 Å². The van der Waals surface area contributed by atoms with Crippen molar-refractivity contribution in [2.75, 3.05) is 32.8 Å². The largest absolute Gasteiger partial charge is 0.396 e. The van der Waals surface area contributed by atoms with Crippen LogP contribution in [0.4, 0.5) is 0 Å². The summed E-state index contributed by atoms with van der Waals surface area (Å²) in [6, 6.07) is 0. The number of imide groups is 1. The maximum absolute atomic E-state index is 11.9. The van der Waals surface area contributed by atoms with Gasteiger partial charge < -0.3 is 5.11 Å². The van der Waals surface area contributed by atoms with Crippen molar-refractivity contribution < 1.29 is 14.7 Å². The number of carbonyl (C=O) groups is 2. The maximum atomic E-state index is 11.9. The number of hydrogen-bond acceptors (Lipinski definition) is 4. The standard InChI is InChI=1S/C12H20N2O3/c15-9-10-3-6-13(7-4-10)8-12(17)14-5-1-2-11(14)16/h10,15H,1-9H2. The van der Waals surface area contributed by atoms with Gasteiger partial charge in [0, 0.05) is 19.6 Å². The number of rotatable bonds is 3. The van der Waals surface area contributed by atoms with Gasteiger partial charge in [-0.25, -0.2) is 0 Å². The summed E-state index contributed by atoms with van der Waals surface area (Å²) in [7, 11) is 0. The lowest BCUT2D eigenvalue weighted by Crippen LogP contribution is -2.44. The van der Waals surface area contributed by atoms with E-state index in [0.29, 0.717) is 25.4 Å². The summed E-state index contributed by atoms with van der Waals surface area (Å²) in [5.41, 5.74) is 0. The fraction of sp³-hybridized carbons (Fsp3) is 0.833. The molecule has 2 aliphatic rings. The normalized spacial score (nSPS) is 23.4. The van der Waals surface area contributed by atoms with E-state index in [0.717, 1.165) is 32.4 Å². The summed E-state index contributed by atoms with van der Waals surface area (Å²) in [6.45, 7) is 2.87. The number of hydrogen-bond donors (Lipinski definition) is 1. The lowest BCUT2D eigenvalue weighted by Gasteiger charge is -2.31. The first kappa shape index (κ1) is 12.5. The fourth-order valence-electron chi connectivity index (χ4n) is 2.52. The van der Waals surface area contributed by atoms with Crippen molar-refractivity contribution in [2.24, 2.45) is 5.92 Å². The molecule has 2 fully saturated rings. The van der Waals surface area contributed by atoms with Crippen LogP contribution in [0.5, 0.6) is 0 Å². The second-order valence-electron chi connectivity index (χ2n) is 4.94. The quantitative estimate of drug-likeness (QED) is 0.744.